The number of rotatable bonds is 4. The highest BCUT2D eigenvalue weighted by Gasteiger charge is 2.20. The van der Waals surface area contributed by atoms with Crippen molar-refractivity contribution in [2.75, 3.05) is 6.26 Å². The third-order valence-corrected chi connectivity index (χ3v) is 4.08. The molecule has 0 amide bonds. The van der Waals surface area contributed by atoms with E-state index in [9.17, 15) is 15.4 Å². The summed E-state index contributed by atoms with van der Waals surface area (Å²) in [6, 6.07) is 11.8. The van der Waals surface area contributed by atoms with E-state index in [4.69, 9.17) is 4.74 Å². The minimum Gasteiger partial charge on any atom is -0.447 e. The number of nitrogens with zero attached hydrogens (tertiary/aromatic N) is 2. The van der Waals surface area contributed by atoms with Crippen molar-refractivity contribution < 1.29 is 9.66 Å². The van der Waals surface area contributed by atoms with E-state index in [1.54, 1.807) is 30.3 Å². The Hall–Kier alpha value is -2.04. The van der Waals surface area contributed by atoms with Gasteiger partial charge in [-0.2, -0.15) is 5.26 Å². The minimum absolute atomic E-state index is 0.0808. The van der Waals surface area contributed by atoms with Crippen LogP contribution in [0.15, 0.2) is 45.8 Å². The molecule has 0 aromatic heterocycles. The first-order chi connectivity index (χ1) is 10.1. The molecule has 0 spiro atoms. The highest BCUT2D eigenvalue weighted by atomic mass is 79.9. The van der Waals surface area contributed by atoms with E-state index in [2.05, 4.69) is 22.0 Å². The van der Waals surface area contributed by atoms with E-state index in [1.165, 1.54) is 17.8 Å². The average Bonchev–Trinajstić information content (AvgIpc) is 2.48. The lowest BCUT2D eigenvalue weighted by molar-refractivity contribution is -0.385. The summed E-state index contributed by atoms with van der Waals surface area (Å²) in [7, 11) is 0. The maximum Gasteiger partial charge on any atom is 0.312 e. The molecule has 0 fully saturated rings. The van der Waals surface area contributed by atoms with Crippen LogP contribution in [0.4, 0.5) is 5.69 Å². The minimum atomic E-state index is -0.523. The molecule has 0 unspecified atom stereocenters. The van der Waals surface area contributed by atoms with Gasteiger partial charge in [0.15, 0.2) is 0 Å². The van der Waals surface area contributed by atoms with Crippen molar-refractivity contribution in [1.29, 1.82) is 5.26 Å². The summed E-state index contributed by atoms with van der Waals surface area (Å²) >= 11 is 4.65. The predicted molar refractivity (Wildman–Crippen MR) is 83.8 cm³/mol. The van der Waals surface area contributed by atoms with Crippen molar-refractivity contribution in [2.45, 2.75) is 4.90 Å². The molecule has 2 aromatic carbocycles. The Bertz CT molecular complexity index is 743. The van der Waals surface area contributed by atoms with E-state index < -0.39 is 4.92 Å². The first-order valence-electron chi connectivity index (χ1n) is 5.76. The standard InChI is InChI=1S/C14H9BrN2O3S/c1-21-13-7-3-6-12(9(13)8-16)20-14-10(15)4-2-5-11(14)17(18)19/h2-7H,1H3. The number of nitro benzene ring substituents is 1. The van der Waals surface area contributed by atoms with Gasteiger partial charge >= 0.3 is 5.69 Å². The number of nitriles is 1. The Kier molecular flexibility index (Phi) is 4.83. The maximum absolute atomic E-state index is 11.1. The van der Waals surface area contributed by atoms with Gasteiger partial charge in [0, 0.05) is 11.0 Å². The molecule has 0 atom stereocenters. The molecule has 7 heteroatoms. The number of para-hydroxylation sites is 1. The van der Waals surface area contributed by atoms with Crippen LogP contribution >= 0.6 is 27.7 Å². The average molecular weight is 365 g/mol. The monoisotopic (exact) mass is 364 g/mol. The van der Waals surface area contributed by atoms with Crippen LogP contribution in [0.1, 0.15) is 5.56 Å². The lowest BCUT2D eigenvalue weighted by atomic mass is 10.2. The molecule has 5 nitrogen and oxygen atoms in total. The maximum atomic E-state index is 11.1. The predicted octanol–water partition coefficient (Wildman–Crippen LogP) is 4.74. The van der Waals surface area contributed by atoms with Gasteiger partial charge in [0.1, 0.15) is 17.4 Å². The van der Waals surface area contributed by atoms with Crippen molar-refractivity contribution in [3.05, 3.63) is 56.5 Å². The molecule has 106 valence electrons. The van der Waals surface area contributed by atoms with Crippen molar-refractivity contribution in [2.24, 2.45) is 0 Å². The van der Waals surface area contributed by atoms with Gasteiger partial charge in [0.25, 0.3) is 0 Å². The fourth-order valence-electron chi connectivity index (χ4n) is 1.73. The molecule has 0 saturated carbocycles. The molecule has 0 heterocycles. The first-order valence-corrected chi connectivity index (χ1v) is 7.78. The number of nitro groups is 1. The van der Waals surface area contributed by atoms with Gasteiger partial charge in [-0.25, -0.2) is 0 Å². The summed E-state index contributed by atoms with van der Waals surface area (Å²) < 4.78 is 6.10. The zero-order chi connectivity index (χ0) is 15.4. The van der Waals surface area contributed by atoms with Crippen LogP contribution in [-0.4, -0.2) is 11.2 Å². The Morgan fingerprint density at radius 3 is 2.67 bits per heavy atom. The zero-order valence-electron chi connectivity index (χ0n) is 10.9. The smallest absolute Gasteiger partial charge is 0.312 e. The third kappa shape index (κ3) is 3.17. The second-order valence-electron chi connectivity index (χ2n) is 3.89. The van der Waals surface area contributed by atoms with Crippen molar-refractivity contribution in [3.63, 3.8) is 0 Å². The molecule has 2 aromatic rings. The highest BCUT2D eigenvalue weighted by molar-refractivity contribution is 9.10. The quantitative estimate of drug-likeness (QED) is 0.444. The van der Waals surface area contributed by atoms with Gasteiger partial charge < -0.3 is 4.74 Å². The van der Waals surface area contributed by atoms with Gasteiger partial charge in [-0.3, -0.25) is 10.1 Å². The summed E-state index contributed by atoms with van der Waals surface area (Å²) in [5.74, 6) is 0.372. The number of halogens is 1. The summed E-state index contributed by atoms with van der Waals surface area (Å²) in [6.07, 6.45) is 1.85. The Balaban J connectivity index is 2.54. The molecular formula is C14H9BrN2O3S. The van der Waals surface area contributed by atoms with Crippen LogP contribution in [0.25, 0.3) is 0 Å². The van der Waals surface area contributed by atoms with Crippen LogP contribution < -0.4 is 4.74 Å². The Labute approximate surface area is 133 Å². The molecule has 0 saturated heterocycles. The number of ether oxygens (including phenoxy) is 1. The molecular weight excluding hydrogens is 356 g/mol. The van der Waals surface area contributed by atoms with E-state index >= 15 is 0 Å². The second-order valence-corrected chi connectivity index (χ2v) is 5.59. The van der Waals surface area contributed by atoms with Gasteiger partial charge in [-0.05, 0) is 40.4 Å². The SMILES string of the molecule is CSc1cccc(Oc2c(Br)cccc2[N+](=O)[O-])c1C#N. The summed E-state index contributed by atoms with van der Waals surface area (Å²) in [5.41, 5.74) is 0.192. The molecule has 0 aliphatic carbocycles. The van der Waals surface area contributed by atoms with Gasteiger partial charge in [-0.15, -0.1) is 11.8 Å². The van der Waals surface area contributed by atoms with Crippen LogP contribution in [-0.2, 0) is 0 Å². The number of thioether (sulfide) groups is 1. The Morgan fingerprint density at radius 1 is 1.33 bits per heavy atom. The Morgan fingerprint density at radius 2 is 2.05 bits per heavy atom. The fraction of sp³-hybridized carbons (Fsp3) is 0.0714. The molecule has 2 rings (SSSR count). The lowest BCUT2D eigenvalue weighted by Crippen LogP contribution is -1.96. The third-order valence-electron chi connectivity index (χ3n) is 2.67. The normalized spacial score (nSPS) is 9.95. The number of hydrogen-bond acceptors (Lipinski definition) is 5. The zero-order valence-corrected chi connectivity index (χ0v) is 13.3. The van der Waals surface area contributed by atoms with Gasteiger partial charge in [-0.1, -0.05) is 12.1 Å². The number of hydrogen-bond donors (Lipinski definition) is 0. The van der Waals surface area contributed by atoms with Crippen molar-refractivity contribution >= 4 is 33.4 Å². The van der Waals surface area contributed by atoms with Gasteiger partial charge in [0.2, 0.25) is 5.75 Å². The largest absolute Gasteiger partial charge is 0.447 e. The van der Waals surface area contributed by atoms with E-state index in [0.717, 1.165) is 4.90 Å². The van der Waals surface area contributed by atoms with E-state index in [-0.39, 0.29) is 11.4 Å². The number of benzene rings is 2. The van der Waals surface area contributed by atoms with Crippen molar-refractivity contribution in [1.82, 2.24) is 0 Å². The van der Waals surface area contributed by atoms with E-state index in [1.807, 2.05) is 6.26 Å². The topological polar surface area (TPSA) is 76.2 Å². The summed E-state index contributed by atoms with van der Waals surface area (Å²) in [5, 5.41) is 20.3. The molecule has 0 radical (unpaired) electrons. The second kappa shape index (κ2) is 6.61. The van der Waals surface area contributed by atoms with Crippen LogP contribution in [0, 0.1) is 21.4 Å². The molecule has 21 heavy (non-hydrogen) atoms. The molecule has 0 bridgehead atoms. The molecule has 0 aliphatic rings. The molecule has 0 aliphatic heterocycles. The summed E-state index contributed by atoms with van der Waals surface area (Å²) in [6.45, 7) is 0. The van der Waals surface area contributed by atoms with Crippen LogP contribution in [0.5, 0.6) is 11.5 Å². The first kappa shape index (κ1) is 15.4. The fourth-order valence-corrected chi connectivity index (χ4v) is 2.73. The highest BCUT2D eigenvalue weighted by Crippen LogP contribution is 2.40. The van der Waals surface area contributed by atoms with Crippen LogP contribution in [0.3, 0.4) is 0 Å². The van der Waals surface area contributed by atoms with Gasteiger partial charge in [0.05, 0.1) is 9.40 Å². The van der Waals surface area contributed by atoms with Crippen LogP contribution in [0.2, 0.25) is 0 Å². The lowest BCUT2D eigenvalue weighted by Gasteiger charge is -2.11. The summed E-state index contributed by atoms with van der Waals surface area (Å²) in [4.78, 5) is 11.3. The van der Waals surface area contributed by atoms with E-state index in [0.29, 0.717) is 15.8 Å². The van der Waals surface area contributed by atoms with Crippen molar-refractivity contribution in [3.8, 4) is 17.6 Å². The molecule has 0 N–H and O–H groups in total.